The lowest BCUT2D eigenvalue weighted by molar-refractivity contribution is -0.142. The first kappa shape index (κ1) is 35.4. The van der Waals surface area contributed by atoms with E-state index in [1.807, 2.05) is 0 Å². The number of rotatable bonds is 15. The summed E-state index contributed by atoms with van der Waals surface area (Å²) in [6, 6.07) is 8.97. The molecule has 2 aromatic rings. The Morgan fingerprint density at radius 2 is 1.67 bits per heavy atom. The summed E-state index contributed by atoms with van der Waals surface area (Å²) in [7, 11) is -4.01. The Morgan fingerprint density at radius 3 is 2.30 bits per heavy atom. The molecule has 0 spiro atoms. The lowest BCUT2D eigenvalue weighted by atomic mass is 10.1. The number of aliphatic carboxylic acids is 1. The smallest absolute Gasteiger partial charge is 0.328 e. The highest BCUT2D eigenvalue weighted by Crippen LogP contribution is 2.26. The van der Waals surface area contributed by atoms with Gasteiger partial charge in [-0.2, -0.15) is 4.31 Å². The molecule has 3 rings (SSSR count). The van der Waals surface area contributed by atoms with E-state index >= 15 is 0 Å². The molecule has 18 heteroatoms. The van der Waals surface area contributed by atoms with Crippen LogP contribution in [0.2, 0.25) is 0 Å². The van der Waals surface area contributed by atoms with Crippen molar-refractivity contribution in [2.75, 3.05) is 36.8 Å². The fourth-order valence-corrected chi connectivity index (χ4v) is 6.25. The van der Waals surface area contributed by atoms with Crippen LogP contribution in [0.1, 0.15) is 36.0 Å². The first-order valence-corrected chi connectivity index (χ1v) is 15.7. The summed E-state index contributed by atoms with van der Waals surface area (Å²) in [6.45, 7) is -0.732. The molecule has 0 aliphatic carbocycles. The number of amides is 4. The standard InChI is InChI=1S/C28H37N9O8S/c29-10-4-9-23(38)34-18-12-17(13-19(14-18)35-28(30)31)25(40)33-16-24(39)32-15-21(27(42)43)36-26(41)22-8-5-11-37(22)46(44,45)20-6-2-1-3-7-20/h1-3,6-7,12-14,21-22H,4-5,8-11,15-16,29H2,(H,32,39)(H,33,40)(H,34,38)(H,36,41)(H,42,43)(H4,30,31,35)/t21-,22-/m0/s1. The fraction of sp³-hybridized carbons (Fsp3) is 0.357. The molecule has 1 saturated heterocycles. The quantitative estimate of drug-likeness (QED) is 0.0820. The van der Waals surface area contributed by atoms with Crippen LogP contribution in [0.25, 0.3) is 0 Å². The molecule has 2 atom stereocenters. The fourth-order valence-electron chi connectivity index (χ4n) is 4.57. The van der Waals surface area contributed by atoms with Crippen LogP contribution in [0, 0.1) is 5.41 Å². The summed E-state index contributed by atoms with van der Waals surface area (Å²) < 4.78 is 27.2. The van der Waals surface area contributed by atoms with E-state index in [9.17, 15) is 37.5 Å². The van der Waals surface area contributed by atoms with Gasteiger partial charge in [0, 0.05) is 36.4 Å². The van der Waals surface area contributed by atoms with Crippen molar-refractivity contribution in [3.05, 3.63) is 54.1 Å². The van der Waals surface area contributed by atoms with Crippen molar-refractivity contribution in [2.24, 2.45) is 11.5 Å². The minimum Gasteiger partial charge on any atom is -0.480 e. The molecule has 0 radical (unpaired) electrons. The second-order valence-electron chi connectivity index (χ2n) is 10.3. The number of anilines is 2. The molecule has 1 aliphatic heterocycles. The topological polar surface area (TPSA) is 279 Å². The van der Waals surface area contributed by atoms with E-state index in [-0.39, 0.29) is 47.1 Å². The van der Waals surface area contributed by atoms with Gasteiger partial charge in [0.2, 0.25) is 27.7 Å². The number of carbonyl (C=O) groups is 5. The Bertz CT molecular complexity index is 1570. The average Bonchev–Trinajstić information content (AvgIpc) is 3.52. The third-order valence-corrected chi connectivity index (χ3v) is 8.67. The molecule has 248 valence electrons. The molecule has 17 nitrogen and oxygen atoms in total. The normalized spacial score (nSPS) is 15.3. The molecule has 1 aliphatic rings. The summed E-state index contributed by atoms with van der Waals surface area (Å²) in [4.78, 5) is 62.3. The zero-order valence-electron chi connectivity index (χ0n) is 24.7. The highest BCUT2D eigenvalue weighted by atomic mass is 32.2. The van der Waals surface area contributed by atoms with Gasteiger partial charge in [0.1, 0.15) is 12.1 Å². The van der Waals surface area contributed by atoms with Crippen molar-refractivity contribution in [3.63, 3.8) is 0 Å². The zero-order valence-corrected chi connectivity index (χ0v) is 25.6. The van der Waals surface area contributed by atoms with Crippen LogP contribution in [0.4, 0.5) is 11.4 Å². The number of carboxylic acids is 1. The third kappa shape index (κ3) is 9.98. The van der Waals surface area contributed by atoms with Gasteiger partial charge in [0.15, 0.2) is 5.96 Å². The molecule has 0 saturated carbocycles. The summed E-state index contributed by atoms with van der Waals surface area (Å²) in [6.07, 6.45) is 1.17. The zero-order chi connectivity index (χ0) is 33.9. The van der Waals surface area contributed by atoms with E-state index in [0.29, 0.717) is 19.4 Å². The first-order valence-electron chi connectivity index (χ1n) is 14.2. The van der Waals surface area contributed by atoms with Crippen LogP contribution in [-0.4, -0.2) is 91.6 Å². The molecule has 0 aromatic heterocycles. The van der Waals surface area contributed by atoms with Crippen LogP contribution >= 0.6 is 0 Å². The molecule has 1 fully saturated rings. The lowest BCUT2D eigenvalue weighted by Gasteiger charge is -2.25. The van der Waals surface area contributed by atoms with Crippen molar-refractivity contribution >= 4 is 57.0 Å². The van der Waals surface area contributed by atoms with Crippen LogP contribution in [-0.2, 0) is 29.2 Å². The summed E-state index contributed by atoms with van der Waals surface area (Å²) in [5, 5.41) is 29.2. The number of carbonyl (C=O) groups excluding carboxylic acids is 4. The van der Waals surface area contributed by atoms with E-state index in [1.165, 1.54) is 30.3 Å². The van der Waals surface area contributed by atoms with Crippen LogP contribution in [0.3, 0.4) is 0 Å². The maximum Gasteiger partial charge on any atom is 0.328 e. The van der Waals surface area contributed by atoms with Crippen LogP contribution < -0.4 is 38.1 Å². The van der Waals surface area contributed by atoms with E-state index < -0.39 is 64.8 Å². The van der Waals surface area contributed by atoms with Crippen molar-refractivity contribution in [3.8, 4) is 0 Å². The van der Waals surface area contributed by atoms with Crippen LogP contribution in [0.15, 0.2) is 53.4 Å². The Balaban J connectivity index is 1.58. The van der Waals surface area contributed by atoms with Gasteiger partial charge in [-0.15, -0.1) is 0 Å². The second kappa shape index (κ2) is 16.3. The Morgan fingerprint density at radius 1 is 1.00 bits per heavy atom. The monoisotopic (exact) mass is 659 g/mol. The molecule has 1 heterocycles. The minimum absolute atomic E-state index is 0.00382. The summed E-state index contributed by atoms with van der Waals surface area (Å²) in [5.74, 6) is -4.58. The van der Waals surface area contributed by atoms with Gasteiger partial charge in [-0.05, 0) is 56.1 Å². The number of carboxylic acid groups (broad SMARTS) is 1. The Kier molecular flexibility index (Phi) is 12.5. The van der Waals surface area contributed by atoms with E-state index in [2.05, 4.69) is 26.6 Å². The van der Waals surface area contributed by atoms with E-state index in [0.717, 1.165) is 4.31 Å². The van der Waals surface area contributed by atoms with Gasteiger partial charge in [0.25, 0.3) is 5.91 Å². The van der Waals surface area contributed by atoms with Gasteiger partial charge in [-0.1, -0.05) is 18.2 Å². The molecule has 0 unspecified atom stereocenters. The summed E-state index contributed by atoms with van der Waals surface area (Å²) in [5.41, 5.74) is 11.3. The number of nitrogens with one attached hydrogen (secondary N) is 6. The highest BCUT2D eigenvalue weighted by molar-refractivity contribution is 7.89. The molecule has 11 N–H and O–H groups in total. The Hall–Kier alpha value is -5.07. The molecule has 0 bridgehead atoms. The summed E-state index contributed by atoms with van der Waals surface area (Å²) >= 11 is 0. The lowest BCUT2D eigenvalue weighted by Crippen LogP contribution is -2.54. The van der Waals surface area contributed by atoms with Crippen molar-refractivity contribution in [1.29, 1.82) is 5.41 Å². The minimum atomic E-state index is -4.01. The third-order valence-electron chi connectivity index (χ3n) is 6.75. The predicted molar refractivity (Wildman–Crippen MR) is 167 cm³/mol. The Labute approximate surface area is 265 Å². The molecular formula is C28H37N9O8S. The van der Waals surface area contributed by atoms with E-state index in [4.69, 9.17) is 16.9 Å². The SMILES string of the molecule is N=C(N)Nc1cc(NC(=O)CCCN)cc(C(=O)NCC(=O)NC[C@H](NC(=O)[C@@H]2CCCN2S(=O)(=O)c2ccccc2)C(=O)O)c1. The number of nitrogens with zero attached hydrogens (tertiary/aromatic N) is 1. The van der Waals surface area contributed by atoms with Crippen molar-refractivity contribution in [2.45, 2.75) is 42.7 Å². The molecule has 2 aromatic carbocycles. The number of hydrogen-bond donors (Lipinski definition) is 9. The number of nitrogens with two attached hydrogens (primary N) is 2. The van der Waals surface area contributed by atoms with Gasteiger partial charge < -0.3 is 43.2 Å². The van der Waals surface area contributed by atoms with Gasteiger partial charge in [-0.25, -0.2) is 13.2 Å². The second-order valence-corrected chi connectivity index (χ2v) is 12.1. The molecular weight excluding hydrogens is 622 g/mol. The van der Waals surface area contributed by atoms with Crippen molar-refractivity contribution in [1.82, 2.24) is 20.3 Å². The van der Waals surface area contributed by atoms with Crippen molar-refractivity contribution < 1.29 is 37.5 Å². The average molecular weight is 660 g/mol. The first-order chi connectivity index (χ1) is 21.8. The highest BCUT2D eigenvalue weighted by Gasteiger charge is 2.40. The number of hydrogen-bond acceptors (Lipinski definition) is 9. The predicted octanol–water partition coefficient (Wildman–Crippen LogP) is -1.06. The van der Waals surface area contributed by atoms with E-state index in [1.54, 1.807) is 18.2 Å². The van der Waals surface area contributed by atoms with Gasteiger partial charge in [-0.3, -0.25) is 24.6 Å². The number of guanidine groups is 1. The largest absolute Gasteiger partial charge is 0.480 e. The maximum absolute atomic E-state index is 13.1. The van der Waals surface area contributed by atoms with Gasteiger partial charge >= 0.3 is 5.97 Å². The number of sulfonamides is 1. The molecule has 46 heavy (non-hydrogen) atoms. The van der Waals surface area contributed by atoms with Crippen LogP contribution in [0.5, 0.6) is 0 Å². The maximum atomic E-state index is 13.1. The molecule has 4 amide bonds. The number of benzene rings is 2. The van der Waals surface area contributed by atoms with Gasteiger partial charge in [0.05, 0.1) is 11.4 Å².